The van der Waals surface area contributed by atoms with E-state index in [0.29, 0.717) is 6.42 Å². The molecule has 1 atom stereocenters. The summed E-state index contributed by atoms with van der Waals surface area (Å²) in [4.78, 5) is 10.5. The fraction of sp³-hybridized carbons (Fsp3) is 0.550. The first kappa shape index (κ1) is 11.0. The second-order valence-corrected chi connectivity index (χ2v) is 4.82. The Morgan fingerprint density at radius 1 is 1.13 bits per heavy atom. The third-order valence-corrected chi connectivity index (χ3v) is 2.73. The van der Waals surface area contributed by atoms with E-state index in [4.69, 9.17) is 16.1 Å². The summed E-state index contributed by atoms with van der Waals surface area (Å²) >= 11 is 0. The molecule has 2 N–H and O–H groups in total. The summed E-state index contributed by atoms with van der Waals surface area (Å²) in [6, 6.07) is -2.26. The molecule has 1 unspecified atom stereocenters. The van der Waals surface area contributed by atoms with Crippen LogP contribution in [0.1, 0.15) is 75.7 Å². The van der Waals surface area contributed by atoms with Gasteiger partial charge in [0.25, 0.3) is 0 Å². The lowest BCUT2D eigenvalue weighted by molar-refractivity contribution is -0.137. The molecule has 0 rings (SSSR count). The third-order valence-electron chi connectivity index (χ3n) is 2.73. The molecule has 0 aromatic rings. The molecule has 0 spiro atoms. The Bertz CT molecular complexity index is 739. The molecule has 0 heterocycles. The van der Waals surface area contributed by atoms with Crippen molar-refractivity contribution in [3.8, 4) is 0 Å². The van der Waals surface area contributed by atoms with Crippen LogP contribution in [0.15, 0.2) is 48.4 Å². The Hall–Kier alpha value is -1.61. The van der Waals surface area contributed by atoms with E-state index in [1.54, 1.807) is 0 Å². The van der Waals surface area contributed by atoms with Crippen molar-refractivity contribution in [1.82, 2.24) is 0 Å². The molecule has 3 nitrogen and oxygen atoms in total. The molecule has 0 saturated carbocycles. The summed E-state index contributed by atoms with van der Waals surface area (Å²) in [6.07, 6.45) is 0.476. The molecule has 0 bridgehead atoms. The smallest absolute Gasteiger partial charge is 0.303 e. The van der Waals surface area contributed by atoms with Crippen molar-refractivity contribution in [3.63, 3.8) is 0 Å². The summed E-state index contributed by atoms with van der Waals surface area (Å²) in [6.45, 7) is 1.97. The average Bonchev–Trinajstić information content (AvgIpc) is 2.67. The van der Waals surface area contributed by atoms with Gasteiger partial charge in [0, 0.05) is 6.42 Å². The molecule has 0 aliphatic carbocycles. The number of rotatable bonds is 14. The minimum atomic E-state index is -2.15. The van der Waals surface area contributed by atoms with Crippen molar-refractivity contribution in [1.29, 1.82) is 0 Å². The van der Waals surface area contributed by atoms with E-state index in [2.05, 4.69) is 0 Å². The first-order chi connectivity index (χ1) is 14.3. The fourth-order valence-electron chi connectivity index (χ4n) is 1.53. The standard InChI is InChI=1S/C20H32O3/c1-2-3-13-16-19(21)17-14-11-9-7-5-4-6-8-10-12-15-18-20(22)23/h4-5,8-11,14,17,19,21H,2-3,6-7,12-13,15-16,18H2,1H3,(H,22,23)/b5-4-,10-8-,11-9-,17-14+/i4D,5D,8D,9D,10D,11D,17D,19D. The van der Waals surface area contributed by atoms with Crippen LogP contribution in [-0.2, 0) is 4.79 Å². The van der Waals surface area contributed by atoms with Crippen molar-refractivity contribution < 1.29 is 26.0 Å². The van der Waals surface area contributed by atoms with E-state index in [0.717, 1.165) is 18.9 Å². The predicted octanol–water partition coefficient (Wildman–Crippen LogP) is 5.19. The number of unbranched alkanes of at least 4 members (excludes halogenated alkanes) is 2. The number of carbonyl (C=O) groups is 1. The van der Waals surface area contributed by atoms with Crippen molar-refractivity contribution in [2.45, 2.75) is 70.8 Å². The summed E-state index contributed by atoms with van der Waals surface area (Å²) in [5, 5.41) is 18.6. The Labute approximate surface area is 152 Å². The normalized spacial score (nSPS) is 23.1. The molecule has 0 saturated heterocycles. The number of hydrogen-bond acceptors (Lipinski definition) is 2. The summed E-state index contributed by atoms with van der Waals surface area (Å²) < 4.78 is 62.8. The van der Waals surface area contributed by atoms with Crippen LogP contribution in [0.5, 0.6) is 0 Å². The first-order valence-electron chi connectivity index (χ1n) is 11.9. The quantitative estimate of drug-likeness (QED) is 0.262. The zero-order chi connectivity index (χ0) is 24.2. The molecular formula is C20H32O3. The topological polar surface area (TPSA) is 57.5 Å². The van der Waals surface area contributed by atoms with E-state index >= 15 is 0 Å². The molecule has 0 aliphatic rings. The number of allylic oxidation sites excluding steroid dienone is 7. The second kappa shape index (κ2) is 16.8. The van der Waals surface area contributed by atoms with E-state index in [-0.39, 0.29) is 62.4 Å². The molecular weight excluding hydrogens is 288 g/mol. The lowest BCUT2D eigenvalue weighted by atomic mass is 10.1. The highest BCUT2D eigenvalue weighted by Crippen LogP contribution is 2.04. The highest BCUT2D eigenvalue weighted by Gasteiger charge is 1.96. The number of carboxylic acids is 1. The predicted molar refractivity (Wildman–Crippen MR) is 97.4 cm³/mol. The minimum absolute atomic E-state index is 0.0395. The lowest BCUT2D eigenvalue weighted by Gasteiger charge is -2.02. The number of hydrogen-bond donors (Lipinski definition) is 2. The maximum Gasteiger partial charge on any atom is 0.303 e. The third kappa shape index (κ3) is 18.3. The van der Waals surface area contributed by atoms with Crippen LogP contribution < -0.4 is 0 Å². The van der Waals surface area contributed by atoms with Crippen LogP contribution in [0.25, 0.3) is 0 Å². The first-order valence-corrected chi connectivity index (χ1v) is 7.91. The number of aliphatic carboxylic acids is 1. The van der Waals surface area contributed by atoms with Crippen molar-refractivity contribution in [2.24, 2.45) is 0 Å². The molecule has 0 radical (unpaired) electrons. The van der Waals surface area contributed by atoms with Gasteiger partial charge >= 0.3 is 5.97 Å². The van der Waals surface area contributed by atoms with E-state index < -0.39 is 30.6 Å². The van der Waals surface area contributed by atoms with Gasteiger partial charge in [0.15, 0.2) is 0 Å². The Morgan fingerprint density at radius 3 is 2.52 bits per heavy atom. The van der Waals surface area contributed by atoms with Crippen LogP contribution in [0.2, 0.25) is 0 Å². The Balaban J connectivity index is 5.19. The number of aliphatic hydroxyl groups is 1. The van der Waals surface area contributed by atoms with E-state index in [9.17, 15) is 9.90 Å². The zero-order valence-electron chi connectivity index (χ0n) is 21.7. The second-order valence-electron chi connectivity index (χ2n) is 4.82. The van der Waals surface area contributed by atoms with Gasteiger partial charge in [0.1, 0.15) is 0 Å². The lowest BCUT2D eigenvalue weighted by Crippen LogP contribution is -2.00. The Morgan fingerprint density at radius 2 is 1.83 bits per heavy atom. The zero-order valence-corrected chi connectivity index (χ0v) is 13.7. The van der Waals surface area contributed by atoms with E-state index in [1.807, 2.05) is 6.92 Å². The van der Waals surface area contributed by atoms with Gasteiger partial charge in [-0.1, -0.05) is 74.6 Å². The van der Waals surface area contributed by atoms with Crippen molar-refractivity contribution >= 4 is 5.97 Å². The van der Waals surface area contributed by atoms with Crippen molar-refractivity contribution in [2.75, 3.05) is 0 Å². The van der Waals surface area contributed by atoms with Crippen LogP contribution in [0.4, 0.5) is 0 Å². The highest BCUT2D eigenvalue weighted by molar-refractivity contribution is 5.66. The molecule has 23 heavy (non-hydrogen) atoms. The molecule has 0 aromatic heterocycles. The average molecular weight is 329 g/mol. The highest BCUT2D eigenvalue weighted by atomic mass is 16.4. The van der Waals surface area contributed by atoms with Crippen LogP contribution in [0.3, 0.4) is 0 Å². The largest absolute Gasteiger partial charge is 0.481 e. The maximum absolute atomic E-state index is 10.5. The molecule has 0 fully saturated rings. The molecule has 3 heteroatoms. The van der Waals surface area contributed by atoms with Crippen LogP contribution >= 0.6 is 0 Å². The van der Waals surface area contributed by atoms with Gasteiger partial charge in [0.05, 0.1) is 17.0 Å². The maximum atomic E-state index is 10.5. The molecule has 0 aromatic carbocycles. The minimum Gasteiger partial charge on any atom is -0.481 e. The molecule has 0 amide bonds. The summed E-state index contributed by atoms with van der Waals surface area (Å²) in [7, 11) is 0. The molecule has 0 aliphatic heterocycles. The fourth-order valence-corrected chi connectivity index (χ4v) is 1.53. The van der Waals surface area contributed by atoms with Gasteiger partial charge in [0.2, 0.25) is 0 Å². The number of carboxylic acid groups (broad SMARTS) is 1. The van der Waals surface area contributed by atoms with Gasteiger partial charge in [-0.2, -0.15) is 0 Å². The van der Waals surface area contributed by atoms with Gasteiger partial charge in [-0.3, -0.25) is 4.79 Å². The van der Waals surface area contributed by atoms with Crippen LogP contribution in [-0.4, -0.2) is 22.3 Å². The van der Waals surface area contributed by atoms with Gasteiger partial charge in [-0.15, -0.1) is 0 Å². The summed E-state index contributed by atoms with van der Waals surface area (Å²) in [5.41, 5.74) is 0. The Kier molecular flexibility index (Phi) is 8.04. The summed E-state index contributed by atoms with van der Waals surface area (Å²) in [5.74, 6) is -0.996. The SMILES string of the molecule is [2H]C(/C=C(\[2H])C([2H])(O)CCCCC)=C(\[2H])C/C([2H])=C(/[2H])C/C([2H])=C(/[2H])CCCC(=O)O. The monoisotopic (exact) mass is 328 g/mol. The van der Waals surface area contributed by atoms with Crippen molar-refractivity contribution in [3.05, 3.63) is 48.4 Å². The van der Waals surface area contributed by atoms with Crippen LogP contribution in [0, 0.1) is 0 Å². The van der Waals surface area contributed by atoms with E-state index in [1.165, 1.54) is 0 Å². The van der Waals surface area contributed by atoms with Gasteiger partial charge in [-0.05, 0) is 32.1 Å². The van der Waals surface area contributed by atoms with Gasteiger partial charge in [-0.25, -0.2) is 0 Å². The molecule has 130 valence electrons. The van der Waals surface area contributed by atoms with Gasteiger partial charge < -0.3 is 10.2 Å².